The molecule has 0 fully saturated rings. The first-order valence-corrected chi connectivity index (χ1v) is 13.0. The number of aromatic hydroxyl groups is 1. The van der Waals surface area contributed by atoms with Crippen LogP contribution in [0, 0.1) is 0 Å². The third-order valence-electron chi connectivity index (χ3n) is 7.18. The van der Waals surface area contributed by atoms with Gasteiger partial charge in [0.25, 0.3) is 0 Å². The molecule has 5 aromatic rings. The lowest BCUT2D eigenvalue weighted by atomic mass is 9.72. The Kier molecular flexibility index (Phi) is 6.48. The molecule has 42 heavy (non-hydrogen) atoms. The van der Waals surface area contributed by atoms with Gasteiger partial charge in [-0.05, 0) is 59.0 Å². The van der Waals surface area contributed by atoms with Crippen molar-refractivity contribution in [3.63, 3.8) is 0 Å². The topological polar surface area (TPSA) is 72.3 Å². The first-order chi connectivity index (χ1) is 19.2. The predicted molar refractivity (Wildman–Crippen MR) is 145 cm³/mol. The summed E-state index contributed by atoms with van der Waals surface area (Å²) in [6.07, 6.45) is -11.6. The zero-order chi connectivity index (χ0) is 31.0. The van der Waals surface area contributed by atoms with Crippen LogP contribution in [0.1, 0.15) is 64.1 Å². The van der Waals surface area contributed by atoms with Gasteiger partial charge in [-0.2, -0.15) is 26.3 Å². The molecule has 0 bridgehead atoms. The molecule has 0 radical (unpaired) electrons. The monoisotopic (exact) mass is 590 g/mol. The Hall–Kier alpha value is -4.02. The van der Waals surface area contributed by atoms with Crippen LogP contribution in [0.2, 0.25) is 0 Å². The molecule has 1 N–H and O–H groups in total. The van der Waals surface area contributed by atoms with Crippen molar-refractivity contribution in [3.05, 3.63) is 77.2 Å². The van der Waals surface area contributed by atoms with E-state index in [1.807, 2.05) is 20.8 Å². The van der Waals surface area contributed by atoms with E-state index in [0.29, 0.717) is 11.1 Å². The maximum Gasteiger partial charge on any atom is 0.411 e. The summed E-state index contributed by atoms with van der Waals surface area (Å²) in [4.78, 5) is 8.42. The van der Waals surface area contributed by atoms with E-state index in [1.165, 1.54) is 12.1 Å². The van der Waals surface area contributed by atoms with E-state index in [4.69, 9.17) is 8.83 Å². The van der Waals surface area contributed by atoms with Gasteiger partial charge in [-0.3, -0.25) is 0 Å². The minimum atomic E-state index is -5.80. The van der Waals surface area contributed by atoms with Gasteiger partial charge in [-0.15, -0.1) is 0 Å². The quantitative estimate of drug-likeness (QED) is 0.212. The Morgan fingerprint density at radius 3 is 1.64 bits per heavy atom. The Morgan fingerprint density at radius 1 is 0.619 bits per heavy atom. The lowest BCUT2D eigenvalue weighted by Crippen LogP contribution is -2.54. The van der Waals surface area contributed by atoms with E-state index in [1.54, 1.807) is 26.8 Å². The van der Waals surface area contributed by atoms with Gasteiger partial charge in [0.1, 0.15) is 16.8 Å². The Morgan fingerprint density at radius 2 is 1.14 bits per heavy atom. The summed E-state index contributed by atoms with van der Waals surface area (Å²) in [5.74, 6) is 0.194. The molecule has 5 rings (SSSR count). The Bertz CT molecular complexity index is 1790. The number of fused-ring (bicyclic) bond motifs is 2. The maximum atomic E-state index is 14.9. The van der Waals surface area contributed by atoms with Crippen molar-refractivity contribution < 1.29 is 40.3 Å². The molecule has 222 valence electrons. The second-order valence-electron chi connectivity index (χ2n) is 12.4. The van der Waals surface area contributed by atoms with Crippen LogP contribution in [-0.2, 0) is 16.2 Å². The molecule has 0 saturated carbocycles. The number of halogens is 6. The summed E-state index contributed by atoms with van der Waals surface area (Å²) in [6, 6.07) is 9.72. The summed E-state index contributed by atoms with van der Waals surface area (Å²) < 4.78 is 101. The molecule has 0 atom stereocenters. The third kappa shape index (κ3) is 4.68. The molecule has 0 amide bonds. The number of alkyl halides is 6. The standard InChI is InChI=1S/C31H28F6N2O3/c1-27(2,3)19-13-16(7-10-22(19)40)25-38-20-14-17(8-11-23(20)41-25)29(30(32,33)34,31(35,36)37)18-9-12-24-21(15-18)39-26(42-24)28(4,5)6/h7-15,40H,1-6H3. The minimum absolute atomic E-state index is 0.000782. The fourth-order valence-corrected chi connectivity index (χ4v) is 5.02. The van der Waals surface area contributed by atoms with Crippen molar-refractivity contribution in [2.75, 3.05) is 0 Å². The molecular formula is C31H28F6N2O3. The molecule has 2 aromatic heterocycles. The Labute approximate surface area is 237 Å². The lowest BCUT2D eigenvalue weighted by molar-refractivity contribution is -0.288. The molecule has 3 aromatic carbocycles. The van der Waals surface area contributed by atoms with Gasteiger partial charge in [0.05, 0.1) is 0 Å². The first kappa shape index (κ1) is 29.5. The SMILES string of the molecule is CC(C)(C)c1nc2cc(C(c3ccc4oc(-c5ccc(O)c(C(C)(C)C)c5)nc4c3)(C(F)(F)F)C(F)(F)F)ccc2o1. The lowest BCUT2D eigenvalue weighted by Gasteiger charge is -2.38. The molecule has 2 heterocycles. The molecule has 11 heteroatoms. The number of oxazole rings is 2. The molecule has 0 aliphatic carbocycles. The number of hydrogen-bond acceptors (Lipinski definition) is 5. The van der Waals surface area contributed by atoms with E-state index in [0.717, 1.165) is 36.4 Å². The van der Waals surface area contributed by atoms with E-state index >= 15 is 0 Å². The molecule has 0 unspecified atom stereocenters. The van der Waals surface area contributed by atoms with Gasteiger partial charge in [-0.25, -0.2) is 9.97 Å². The van der Waals surface area contributed by atoms with Crippen LogP contribution >= 0.6 is 0 Å². The van der Waals surface area contributed by atoms with Crippen molar-refractivity contribution >= 4 is 22.2 Å². The number of benzene rings is 3. The van der Waals surface area contributed by atoms with Gasteiger partial charge in [0.2, 0.25) is 17.2 Å². The molecular weight excluding hydrogens is 562 g/mol. The fraction of sp³-hybridized carbons (Fsp3) is 0.355. The summed E-state index contributed by atoms with van der Waals surface area (Å²) in [6.45, 7) is 10.9. The smallest absolute Gasteiger partial charge is 0.411 e. The van der Waals surface area contributed by atoms with E-state index in [-0.39, 0.29) is 39.7 Å². The average molecular weight is 591 g/mol. The van der Waals surface area contributed by atoms with Crippen molar-refractivity contribution in [2.45, 2.75) is 70.1 Å². The van der Waals surface area contributed by atoms with Crippen molar-refractivity contribution in [2.24, 2.45) is 0 Å². The second kappa shape index (κ2) is 9.24. The largest absolute Gasteiger partial charge is 0.508 e. The van der Waals surface area contributed by atoms with Gasteiger partial charge in [0.15, 0.2) is 11.2 Å². The Balaban J connectivity index is 1.72. The third-order valence-corrected chi connectivity index (χ3v) is 7.18. The van der Waals surface area contributed by atoms with Crippen LogP contribution in [0.15, 0.2) is 63.4 Å². The van der Waals surface area contributed by atoms with Crippen molar-refractivity contribution in [1.29, 1.82) is 0 Å². The number of phenols is 1. The summed E-state index contributed by atoms with van der Waals surface area (Å²) in [5, 5.41) is 10.3. The molecule has 0 aliphatic rings. The first-order valence-electron chi connectivity index (χ1n) is 13.0. The average Bonchev–Trinajstić information content (AvgIpc) is 3.46. The van der Waals surface area contributed by atoms with Gasteiger partial charge in [-0.1, -0.05) is 53.7 Å². The zero-order valence-corrected chi connectivity index (χ0v) is 23.6. The highest BCUT2D eigenvalue weighted by atomic mass is 19.4. The van der Waals surface area contributed by atoms with Gasteiger partial charge in [0, 0.05) is 16.5 Å². The van der Waals surface area contributed by atoms with Crippen LogP contribution in [0.25, 0.3) is 33.7 Å². The predicted octanol–water partition coefficient (Wildman–Crippen LogP) is 9.35. The van der Waals surface area contributed by atoms with Crippen molar-refractivity contribution in [1.82, 2.24) is 9.97 Å². The maximum absolute atomic E-state index is 14.9. The molecule has 0 aliphatic heterocycles. The van der Waals surface area contributed by atoms with Crippen LogP contribution < -0.4 is 0 Å². The molecule has 0 spiro atoms. The zero-order valence-electron chi connectivity index (χ0n) is 23.6. The fourth-order valence-electron chi connectivity index (χ4n) is 5.02. The number of hydrogen-bond donors (Lipinski definition) is 1. The van der Waals surface area contributed by atoms with Gasteiger partial charge >= 0.3 is 12.4 Å². The normalized spacial score (nSPS) is 13.8. The summed E-state index contributed by atoms with van der Waals surface area (Å²) in [7, 11) is 0. The number of aromatic nitrogens is 2. The van der Waals surface area contributed by atoms with Crippen LogP contribution in [0.3, 0.4) is 0 Å². The molecule has 0 saturated heterocycles. The summed E-state index contributed by atoms with van der Waals surface area (Å²) in [5.41, 5.74) is -6.89. The second-order valence-corrected chi connectivity index (χ2v) is 12.4. The highest BCUT2D eigenvalue weighted by Crippen LogP contribution is 2.57. The van der Waals surface area contributed by atoms with E-state index in [2.05, 4.69) is 9.97 Å². The van der Waals surface area contributed by atoms with Crippen LogP contribution in [0.5, 0.6) is 5.75 Å². The highest BCUT2D eigenvalue weighted by molar-refractivity contribution is 5.79. The summed E-state index contributed by atoms with van der Waals surface area (Å²) >= 11 is 0. The van der Waals surface area contributed by atoms with Crippen LogP contribution in [0.4, 0.5) is 26.3 Å². The number of rotatable bonds is 3. The van der Waals surface area contributed by atoms with E-state index in [9.17, 15) is 31.4 Å². The van der Waals surface area contributed by atoms with Crippen molar-refractivity contribution in [3.8, 4) is 17.2 Å². The number of phenolic OH excluding ortho intramolecular Hbond substituents is 1. The highest BCUT2D eigenvalue weighted by Gasteiger charge is 2.72. The van der Waals surface area contributed by atoms with E-state index < -0.39 is 39.7 Å². The molecule has 5 nitrogen and oxygen atoms in total. The van der Waals surface area contributed by atoms with Gasteiger partial charge < -0.3 is 13.9 Å². The number of nitrogens with zero attached hydrogens (tertiary/aromatic N) is 2. The minimum Gasteiger partial charge on any atom is -0.508 e. The van der Waals surface area contributed by atoms with Crippen LogP contribution in [-0.4, -0.2) is 27.4 Å².